The van der Waals surface area contributed by atoms with Gasteiger partial charge in [-0.05, 0) is 120 Å². The molecule has 0 aromatic heterocycles. The van der Waals surface area contributed by atoms with Crippen LogP contribution in [0.4, 0.5) is 0 Å². The van der Waals surface area contributed by atoms with Gasteiger partial charge < -0.3 is 0 Å². The minimum atomic E-state index is 0.0309. The summed E-state index contributed by atoms with van der Waals surface area (Å²) < 4.78 is 0. The topological polar surface area (TPSA) is 68.3 Å². The van der Waals surface area contributed by atoms with Crippen LogP contribution < -0.4 is 0 Å². The Labute approximate surface area is 322 Å². The molecule has 0 aliphatic carbocycles. The van der Waals surface area contributed by atoms with Crippen LogP contribution in [0.2, 0.25) is 0 Å². The van der Waals surface area contributed by atoms with E-state index < -0.39 is 0 Å². The average molecular weight is 755 g/mol. The van der Waals surface area contributed by atoms with Gasteiger partial charge in [-0.2, -0.15) is 0 Å². The van der Waals surface area contributed by atoms with Crippen LogP contribution in [0.5, 0.6) is 0 Å². The molecule has 4 nitrogen and oxygen atoms in total. The van der Waals surface area contributed by atoms with E-state index in [9.17, 15) is 19.2 Å². The van der Waals surface area contributed by atoms with Gasteiger partial charge in [0.25, 0.3) is 0 Å². The highest BCUT2D eigenvalue weighted by Gasteiger charge is 2.12. The first kappa shape index (κ1) is 38.5. The second-order valence-electron chi connectivity index (χ2n) is 11.7. The maximum atomic E-state index is 11.7. The third-order valence-electron chi connectivity index (χ3n) is 7.40. The Bertz CT molecular complexity index is 2070. The zero-order valence-corrected chi connectivity index (χ0v) is 32.3. The first-order valence-corrected chi connectivity index (χ1v) is 19.6. The molecule has 8 heteroatoms. The third kappa shape index (κ3) is 12.2. The normalized spacial score (nSPS) is 10.4. The van der Waals surface area contributed by atoms with Crippen molar-refractivity contribution in [2.75, 3.05) is 0 Å². The Balaban J connectivity index is 1.58. The second-order valence-corrected chi connectivity index (χ2v) is 16.7. The Kier molecular flexibility index (Phi) is 13.8. The quantitative estimate of drug-likeness (QED) is 0.115. The maximum absolute atomic E-state index is 11.7. The predicted octanol–water partition coefficient (Wildman–Crippen LogP) is 10.2. The fraction of sp³-hybridized carbons (Fsp3) is 0.136. The van der Waals surface area contributed by atoms with Crippen LogP contribution >= 0.6 is 47.0 Å². The van der Waals surface area contributed by atoms with E-state index in [-0.39, 0.29) is 20.5 Å². The fourth-order valence-corrected chi connectivity index (χ4v) is 7.58. The lowest BCUT2D eigenvalue weighted by molar-refractivity contribution is -0.109. The summed E-state index contributed by atoms with van der Waals surface area (Å²) in [5.74, 6) is 13.5. The molecule has 0 N–H and O–H groups in total. The Morgan fingerprint density at radius 3 is 0.942 bits per heavy atom. The van der Waals surface area contributed by atoms with Gasteiger partial charge in [-0.1, -0.05) is 95.0 Å². The molecule has 0 fully saturated rings. The second kappa shape index (κ2) is 18.7. The molecule has 5 rings (SSSR count). The molecule has 0 saturated carbocycles. The smallest absolute Gasteiger partial charge is 0.190 e. The molecule has 258 valence electrons. The number of rotatable bonds is 8. The number of thioether (sulfide) groups is 4. The summed E-state index contributed by atoms with van der Waals surface area (Å²) >= 11 is 4.80. The van der Waals surface area contributed by atoms with Crippen LogP contribution in [-0.2, 0) is 32.0 Å². The van der Waals surface area contributed by atoms with E-state index in [1.807, 2.05) is 97.1 Å². The molecule has 0 unspecified atom stereocenters. The fourth-order valence-electron chi connectivity index (χ4n) is 5.16. The summed E-state index contributed by atoms with van der Waals surface area (Å²) in [4.78, 5) is 50.0. The summed E-state index contributed by atoms with van der Waals surface area (Å²) in [5.41, 5.74) is 7.59. The van der Waals surface area contributed by atoms with Crippen molar-refractivity contribution < 1.29 is 19.2 Å². The summed E-state index contributed by atoms with van der Waals surface area (Å²) in [6, 6.07) is 35.5. The first-order chi connectivity index (χ1) is 25.0. The molecular formula is C44H34O4S4. The zero-order valence-electron chi connectivity index (χ0n) is 29.1. The minimum Gasteiger partial charge on any atom is -0.287 e. The van der Waals surface area contributed by atoms with Gasteiger partial charge in [-0.15, -0.1) is 0 Å². The monoisotopic (exact) mass is 754 g/mol. The van der Waals surface area contributed by atoms with Crippen molar-refractivity contribution in [1.82, 2.24) is 0 Å². The Morgan fingerprint density at radius 1 is 0.404 bits per heavy atom. The molecule has 0 spiro atoms. The highest BCUT2D eigenvalue weighted by molar-refractivity contribution is 8.14. The van der Waals surface area contributed by atoms with E-state index in [1.54, 1.807) is 27.7 Å². The Morgan fingerprint density at radius 2 is 0.673 bits per heavy atom. The standard InChI is InChI=1S/C44H34O4S4/c1-29(45)49-41-17-7-33(8-18-41)5-15-37-27-40(26-36-13-23-44(24-14-36)52-32(4)48)38(16-6-34-9-19-42(20-10-34)50-30(2)46)28-39(37)25-35-11-21-43(22-12-35)51-31(3)47/h7-14,17-24,27-28H,25-26H2,1-4H3. The number of carbonyl (C=O) groups excluding carboxylic acids is 4. The SMILES string of the molecule is CC(=O)Sc1ccc(C#Cc2cc(Cc3ccc(SC(C)=O)cc3)c(C#Cc3ccc(SC(C)=O)cc3)cc2Cc2ccc(SC(C)=O)cc2)cc1. The van der Waals surface area contributed by atoms with Crippen molar-refractivity contribution in [2.24, 2.45) is 0 Å². The molecule has 5 aromatic carbocycles. The molecule has 0 bridgehead atoms. The molecule has 0 heterocycles. The van der Waals surface area contributed by atoms with Crippen LogP contribution in [0, 0.1) is 23.7 Å². The van der Waals surface area contributed by atoms with Crippen LogP contribution in [0.15, 0.2) is 129 Å². The van der Waals surface area contributed by atoms with E-state index in [0.717, 1.165) is 64.1 Å². The lowest BCUT2D eigenvalue weighted by atomic mass is 9.91. The van der Waals surface area contributed by atoms with Crippen LogP contribution in [0.1, 0.15) is 72.2 Å². The van der Waals surface area contributed by atoms with Gasteiger partial charge >= 0.3 is 0 Å². The third-order valence-corrected chi connectivity index (χ3v) is 10.6. The van der Waals surface area contributed by atoms with Crippen molar-refractivity contribution in [3.8, 4) is 23.7 Å². The largest absolute Gasteiger partial charge is 0.287 e. The average Bonchev–Trinajstić information content (AvgIpc) is 3.09. The number of hydrogen-bond acceptors (Lipinski definition) is 8. The van der Waals surface area contributed by atoms with E-state index in [4.69, 9.17) is 0 Å². The number of hydrogen-bond donors (Lipinski definition) is 0. The highest BCUT2D eigenvalue weighted by atomic mass is 32.2. The first-order valence-electron chi connectivity index (χ1n) is 16.3. The molecule has 0 aliphatic heterocycles. The van der Waals surface area contributed by atoms with E-state index in [1.165, 1.54) is 47.0 Å². The van der Waals surface area contributed by atoms with Gasteiger partial charge in [0.1, 0.15) is 0 Å². The maximum Gasteiger partial charge on any atom is 0.190 e. The molecule has 0 saturated heterocycles. The molecule has 0 aliphatic rings. The number of carbonyl (C=O) groups is 4. The van der Waals surface area contributed by atoms with E-state index in [0.29, 0.717) is 12.8 Å². The lowest BCUT2D eigenvalue weighted by Crippen LogP contribution is -2.00. The van der Waals surface area contributed by atoms with Gasteiger partial charge in [-0.25, -0.2) is 0 Å². The highest BCUT2D eigenvalue weighted by Crippen LogP contribution is 2.27. The molecule has 52 heavy (non-hydrogen) atoms. The van der Waals surface area contributed by atoms with Gasteiger partial charge in [0.2, 0.25) is 0 Å². The van der Waals surface area contributed by atoms with E-state index in [2.05, 4.69) is 35.8 Å². The summed E-state index contributed by atoms with van der Waals surface area (Å²) in [5, 5.41) is 0.139. The number of benzene rings is 5. The molecule has 0 radical (unpaired) electrons. The van der Waals surface area contributed by atoms with Gasteiger partial charge in [-0.3, -0.25) is 19.2 Å². The molecule has 0 amide bonds. The van der Waals surface area contributed by atoms with Gasteiger partial charge in [0.05, 0.1) is 0 Å². The van der Waals surface area contributed by atoms with Crippen LogP contribution in [0.25, 0.3) is 0 Å². The van der Waals surface area contributed by atoms with Gasteiger partial charge in [0, 0.05) is 69.5 Å². The summed E-state index contributed by atoms with van der Waals surface area (Å²) in [6.45, 7) is 6.21. The van der Waals surface area contributed by atoms with Crippen LogP contribution in [0.3, 0.4) is 0 Å². The van der Waals surface area contributed by atoms with Crippen molar-refractivity contribution in [1.29, 1.82) is 0 Å². The summed E-state index contributed by atoms with van der Waals surface area (Å²) in [6.07, 6.45) is 1.21. The molecule has 5 aromatic rings. The van der Waals surface area contributed by atoms with E-state index >= 15 is 0 Å². The zero-order chi connectivity index (χ0) is 37.0. The van der Waals surface area contributed by atoms with Crippen molar-refractivity contribution >= 4 is 67.5 Å². The lowest BCUT2D eigenvalue weighted by Gasteiger charge is -2.13. The van der Waals surface area contributed by atoms with Crippen molar-refractivity contribution in [2.45, 2.75) is 60.1 Å². The Hall–Kier alpha value is -4.70. The van der Waals surface area contributed by atoms with Crippen molar-refractivity contribution in [3.05, 3.63) is 154 Å². The molecular weight excluding hydrogens is 721 g/mol. The molecule has 0 atom stereocenters. The van der Waals surface area contributed by atoms with Gasteiger partial charge in [0.15, 0.2) is 20.5 Å². The van der Waals surface area contributed by atoms with Crippen LogP contribution in [-0.4, -0.2) is 20.5 Å². The minimum absolute atomic E-state index is 0.0309. The predicted molar refractivity (Wildman–Crippen MR) is 216 cm³/mol. The van der Waals surface area contributed by atoms with Crippen molar-refractivity contribution in [3.63, 3.8) is 0 Å². The summed E-state index contributed by atoms with van der Waals surface area (Å²) in [7, 11) is 0.